The Kier molecular flexibility index (Phi) is 6.77. The molecule has 0 saturated heterocycles. The second-order valence-corrected chi connectivity index (χ2v) is 6.26. The summed E-state index contributed by atoms with van der Waals surface area (Å²) >= 11 is 5.99. The third kappa shape index (κ3) is 4.77. The van der Waals surface area contributed by atoms with Gasteiger partial charge in [0.2, 0.25) is 0 Å². The van der Waals surface area contributed by atoms with Gasteiger partial charge >= 0.3 is 0 Å². The summed E-state index contributed by atoms with van der Waals surface area (Å²) in [7, 11) is 1.55. The third-order valence-electron chi connectivity index (χ3n) is 3.62. The van der Waals surface area contributed by atoms with Crippen molar-refractivity contribution in [3.63, 3.8) is 0 Å². The van der Waals surface area contributed by atoms with Gasteiger partial charge in [0.05, 0.1) is 6.20 Å². The topological polar surface area (TPSA) is 40.8 Å². The second kappa shape index (κ2) is 8.40. The molecule has 1 aliphatic rings. The first-order valence-electron chi connectivity index (χ1n) is 7.72. The van der Waals surface area contributed by atoms with Crippen LogP contribution in [0.15, 0.2) is 42.7 Å². The number of pyridine rings is 1. The maximum absolute atomic E-state index is 9.43. The molecular weight excluding hydrogens is 548 g/mol. The van der Waals surface area contributed by atoms with E-state index in [1.165, 1.54) is 19.3 Å². The van der Waals surface area contributed by atoms with E-state index in [2.05, 4.69) is 4.98 Å². The van der Waals surface area contributed by atoms with Gasteiger partial charge in [-0.05, 0) is 47.9 Å². The molecule has 0 spiro atoms. The minimum Gasteiger partial charge on any atom is -0.304 e. The number of nitrogens with zero attached hydrogens (tertiary/aromatic N) is 3. The Bertz CT molecular complexity index is 827. The summed E-state index contributed by atoms with van der Waals surface area (Å²) in [6.45, 7) is 2.03. The smallest absolute Gasteiger partial charge is 0.171 e. The third-order valence-corrected chi connectivity index (χ3v) is 3.86. The predicted octanol–water partition coefficient (Wildman–Crippen LogP) is 4.96. The number of hydroxylamine groups is 1. The number of aromatic nitrogens is 2. The zero-order valence-electron chi connectivity index (χ0n) is 13.8. The van der Waals surface area contributed by atoms with E-state index in [0.717, 1.165) is 32.4 Å². The van der Waals surface area contributed by atoms with Crippen LogP contribution in [0.25, 0.3) is 16.8 Å². The summed E-state index contributed by atoms with van der Waals surface area (Å²) in [6, 6.07) is 9.78. The molecule has 2 aromatic heterocycles. The second-order valence-electron chi connectivity index (χ2n) is 5.83. The van der Waals surface area contributed by atoms with Crippen LogP contribution < -0.4 is 5.06 Å². The van der Waals surface area contributed by atoms with E-state index in [0.29, 0.717) is 5.82 Å². The van der Waals surface area contributed by atoms with E-state index >= 15 is 0 Å². The summed E-state index contributed by atoms with van der Waals surface area (Å²) in [6.07, 6.45) is 8.27. The summed E-state index contributed by atoms with van der Waals surface area (Å²) in [5.74, 6) is 0.509. The maximum Gasteiger partial charge on any atom is 0.171 e. The van der Waals surface area contributed by atoms with Crippen molar-refractivity contribution in [3.05, 3.63) is 53.3 Å². The van der Waals surface area contributed by atoms with Crippen LogP contribution in [-0.4, -0.2) is 21.6 Å². The standard InChI is InChI=1S/C15H14ClN3O.C3H6.U/c1-10-7-12(16)4-5-13(10)11-3-6-14-17-15(18(2)20)9-19(14)8-11;1-2-3-1;/h3-9,20H,1-2H3;1-3H2;. The van der Waals surface area contributed by atoms with Gasteiger partial charge in [0, 0.05) is 49.4 Å². The van der Waals surface area contributed by atoms with Crippen molar-refractivity contribution in [2.75, 3.05) is 12.1 Å². The summed E-state index contributed by atoms with van der Waals surface area (Å²) in [5, 5.41) is 11.2. The molecule has 0 aliphatic heterocycles. The number of imidazole rings is 1. The van der Waals surface area contributed by atoms with E-state index in [-0.39, 0.29) is 31.1 Å². The minimum atomic E-state index is 0. The molecule has 6 heteroatoms. The van der Waals surface area contributed by atoms with E-state index in [9.17, 15) is 5.21 Å². The number of hydrogen-bond acceptors (Lipinski definition) is 3. The molecule has 0 bridgehead atoms. The number of benzene rings is 1. The summed E-state index contributed by atoms with van der Waals surface area (Å²) < 4.78 is 1.89. The van der Waals surface area contributed by atoms with Gasteiger partial charge < -0.3 is 4.40 Å². The average molecular weight is 568 g/mol. The van der Waals surface area contributed by atoms with E-state index < -0.39 is 0 Å². The fraction of sp³-hybridized carbons (Fsp3) is 0.278. The Hall–Kier alpha value is -0.988. The van der Waals surface area contributed by atoms with Crippen molar-refractivity contribution in [2.45, 2.75) is 26.2 Å². The van der Waals surface area contributed by atoms with Gasteiger partial charge in [-0.25, -0.2) is 10.0 Å². The zero-order valence-corrected chi connectivity index (χ0v) is 18.7. The first-order chi connectivity index (χ1) is 11.0. The molecule has 4 rings (SSSR count). The van der Waals surface area contributed by atoms with Gasteiger partial charge in [0.25, 0.3) is 0 Å². The Morgan fingerprint density at radius 1 is 1.12 bits per heavy atom. The summed E-state index contributed by atoms with van der Waals surface area (Å²) in [4.78, 5) is 4.30. The molecule has 1 saturated carbocycles. The molecule has 1 aromatic carbocycles. The Labute approximate surface area is 170 Å². The van der Waals surface area contributed by atoms with Crippen LogP contribution in [-0.2, 0) is 0 Å². The van der Waals surface area contributed by atoms with Crippen LogP contribution in [0.4, 0.5) is 5.82 Å². The Morgan fingerprint density at radius 2 is 1.83 bits per heavy atom. The number of halogens is 1. The molecule has 0 radical (unpaired) electrons. The molecule has 1 aliphatic carbocycles. The largest absolute Gasteiger partial charge is 0.304 e. The van der Waals surface area contributed by atoms with Gasteiger partial charge in [-0.15, -0.1) is 0 Å². The van der Waals surface area contributed by atoms with Crippen molar-refractivity contribution in [2.24, 2.45) is 0 Å². The molecule has 1 N–H and O–H groups in total. The number of rotatable bonds is 2. The van der Waals surface area contributed by atoms with Crippen LogP contribution in [0, 0.1) is 38.0 Å². The predicted molar refractivity (Wildman–Crippen MR) is 94.4 cm³/mol. The van der Waals surface area contributed by atoms with Crippen LogP contribution in [0.3, 0.4) is 0 Å². The maximum atomic E-state index is 9.43. The van der Waals surface area contributed by atoms with Gasteiger partial charge in [-0.3, -0.25) is 5.21 Å². The van der Waals surface area contributed by atoms with Gasteiger partial charge in [-0.2, -0.15) is 0 Å². The van der Waals surface area contributed by atoms with Gasteiger partial charge in [-0.1, -0.05) is 36.9 Å². The first-order valence-corrected chi connectivity index (χ1v) is 8.10. The van der Waals surface area contributed by atoms with Crippen molar-refractivity contribution in [1.29, 1.82) is 0 Å². The normalized spacial score (nSPS) is 12.2. The van der Waals surface area contributed by atoms with Crippen molar-refractivity contribution in [1.82, 2.24) is 9.38 Å². The fourth-order valence-corrected chi connectivity index (χ4v) is 2.47. The number of hydrogen-bond donors (Lipinski definition) is 1. The quantitative estimate of drug-likeness (QED) is 0.445. The van der Waals surface area contributed by atoms with Crippen LogP contribution in [0.1, 0.15) is 24.8 Å². The number of anilines is 1. The molecule has 0 atom stereocenters. The molecule has 0 unspecified atom stereocenters. The van der Waals surface area contributed by atoms with Crippen LogP contribution >= 0.6 is 11.6 Å². The minimum absolute atomic E-state index is 0. The molecule has 1 fully saturated rings. The molecule has 124 valence electrons. The van der Waals surface area contributed by atoms with Crippen LogP contribution in [0.5, 0.6) is 0 Å². The number of aryl methyl sites for hydroxylation is 1. The van der Waals surface area contributed by atoms with Crippen molar-refractivity contribution >= 4 is 23.1 Å². The summed E-state index contributed by atoms with van der Waals surface area (Å²) in [5.41, 5.74) is 4.12. The molecule has 24 heavy (non-hydrogen) atoms. The Morgan fingerprint density at radius 3 is 2.42 bits per heavy atom. The van der Waals surface area contributed by atoms with E-state index in [1.807, 2.05) is 47.9 Å². The SMILES string of the molecule is C1CC1.Cc1cc(Cl)ccc1-c1ccc2nc(N(C)O)cn2c1.[U]. The molecule has 0 amide bonds. The monoisotopic (exact) mass is 567 g/mol. The molecule has 2 heterocycles. The van der Waals surface area contributed by atoms with Gasteiger partial charge in [0.1, 0.15) is 5.65 Å². The van der Waals surface area contributed by atoms with Crippen molar-refractivity contribution in [3.8, 4) is 11.1 Å². The number of fused-ring (bicyclic) bond motifs is 1. The molecule has 3 aromatic rings. The fourth-order valence-electron chi connectivity index (χ4n) is 2.24. The Balaban J connectivity index is 0.000000470. The molecular formula is C18H20ClN3OU. The first kappa shape index (κ1) is 19.3. The van der Waals surface area contributed by atoms with Crippen LogP contribution in [0.2, 0.25) is 5.02 Å². The zero-order chi connectivity index (χ0) is 16.4. The van der Waals surface area contributed by atoms with Crippen molar-refractivity contribution < 1.29 is 36.3 Å². The average Bonchev–Trinajstić information content (AvgIpc) is 3.32. The van der Waals surface area contributed by atoms with E-state index in [1.54, 1.807) is 13.2 Å². The molecule has 4 nitrogen and oxygen atoms in total. The van der Waals surface area contributed by atoms with E-state index in [4.69, 9.17) is 11.6 Å². The van der Waals surface area contributed by atoms with Gasteiger partial charge in [0.15, 0.2) is 5.82 Å².